The molecule has 10 heteroatoms. The van der Waals surface area contributed by atoms with E-state index in [4.69, 9.17) is 15.5 Å². The molecule has 0 atom stereocenters. The van der Waals surface area contributed by atoms with E-state index >= 15 is 4.39 Å². The van der Waals surface area contributed by atoms with Crippen molar-refractivity contribution in [1.29, 1.82) is 0 Å². The van der Waals surface area contributed by atoms with Crippen LogP contribution in [0.15, 0.2) is 73.6 Å². The second-order valence-corrected chi connectivity index (χ2v) is 10.5. The van der Waals surface area contributed by atoms with Crippen LogP contribution in [0.1, 0.15) is 45.7 Å². The van der Waals surface area contributed by atoms with Gasteiger partial charge in [0, 0.05) is 59.6 Å². The number of allylic oxidation sites excluding steroid dienone is 2. The monoisotopic (exact) mass is 539 g/mol. The molecule has 1 aromatic heterocycles. The van der Waals surface area contributed by atoms with Gasteiger partial charge < -0.3 is 20.7 Å². The highest BCUT2D eigenvalue weighted by Gasteiger charge is 2.24. The number of rotatable bonds is 11. The minimum atomic E-state index is -0.295. The first-order valence-electron chi connectivity index (χ1n) is 12.6. The molecule has 0 bridgehead atoms. The van der Waals surface area contributed by atoms with Crippen LogP contribution in [0.25, 0.3) is 0 Å². The number of aliphatic imine (C=N–C) groups is 2. The summed E-state index contributed by atoms with van der Waals surface area (Å²) in [6.07, 6.45) is 6.32. The fourth-order valence-electron chi connectivity index (χ4n) is 3.76. The van der Waals surface area contributed by atoms with Crippen molar-refractivity contribution in [2.45, 2.75) is 57.1 Å². The number of aryl methyl sites for hydroxylation is 1. The average Bonchev–Trinajstić information content (AvgIpc) is 3.62. The standard InChI is InChI=1S/C28H38FN7OS/c1-8-17(2)26(20(15-30)16-31-5)27(37-7)28(33-25-13-18(3)34-35-25)32-19(4)36(6)24-12-11-22(14-23(24)29)38-21-9-10-21/h11-16,21H,8-10,30H2,1-7H3,(H2,33,34,35)/b20-15+,26-17+,28-27-,31-16?,32-19+. The summed E-state index contributed by atoms with van der Waals surface area (Å²) in [4.78, 5) is 11.7. The number of thioether (sulfide) groups is 1. The lowest BCUT2D eigenvalue weighted by atomic mass is 9.98. The molecule has 3 rings (SSSR count). The third-order valence-corrected chi connectivity index (χ3v) is 7.49. The highest BCUT2D eigenvalue weighted by Crippen LogP contribution is 2.40. The second kappa shape index (κ2) is 13.3. The van der Waals surface area contributed by atoms with Gasteiger partial charge in [0.2, 0.25) is 0 Å². The van der Waals surface area contributed by atoms with Crippen molar-refractivity contribution in [2.24, 2.45) is 15.7 Å². The van der Waals surface area contributed by atoms with E-state index in [1.165, 1.54) is 19.0 Å². The van der Waals surface area contributed by atoms with Gasteiger partial charge >= 0.3 is 0 Å². The molecule has 1 fully saturated rings. The molecule has 1 aliphatic rings. The number of methoxy groups -OCH3 is 1. The summed E-state index contributed by atoms with van der Waals surface area (Å²) < 4.78 is 21.1. The number of hydrogen-bond donors (Lipinski definition) is 3. The third kappa shape index (κ3) is 7.28. The number of nitrogens with zero attached hydrogens (tertiary/aromatic N) is 4. The minimum absolute atomic E-state index is 0.295. The smallest absolute Gasteiger partial charge is 0.176 e. The summed E-state index contributed by atoms with van der Waals surface area (Å²) in [5, 5.41) is 11.1. The van der Waals surface area contributed by atoms with Crippen LogP contribution in [0.5, 0.6) is 0 Å². The van der Waals surface area contributed by atoms with E-state index in [9.17, 15) is 0 Å². The molecule has 4 N–H and O–H groups in total. The number of aromatic amines is 1. The molecule has 0 aliphatic heterocycles. The molecule has 2 aromatic rings. The Hall–Kier alpha value is -3.53. The summed E-state index contributed by atoms with van der Waals surface area (Å²) in [5.74, 6) is 1.68. The normalized spacial score (nSPS) is 15.9. The molecule has 1 saturated carbocycles. The van der Waals surface area contributed by atoms with Crippen LogP contribution in [0.2, 0.25) is 0 Å². The Labute approximate surface area is 229 Å². The highest BCUT2D eigenvalue weighted by atomic mass is 32.2. The number of halogens is 1. The highest BCUT2D eigenvalue weighted by molar-refractivity contribution is 8.00. The van der Waals surface area contributed by atoms with Gasteiger partial charge in [0.1, 0.15) is 11.7 Å². The van der Waals surface area contributed by atoms with Crippen molar-refractivity contribution in [1.82, 2.24) is 10.2 Å². The topological polar surface area (TPSA) is 104 Å². The van der Waals surface area contributed by atoms with Crippen molar-refractivity contribution in [3.05, 3.63) is 70.3 Å². The number of nitrogens with one attached hydrogen (secondary N) is 2. The van der Waals surface area contributed by atoms with E-state index in [0.717, 1.165) is 28.2 Å². The van der Waals surface area contributed by atoms with Gasteiger partial charge in [0.05, 0.1) is 12.8 Å². The lowest BCUT2D eigenvalue weighted by Gasteiger charge is -2.22. The largest absolute Gasteiger partial charge is 0.492 e. The SMILES string of the molecule is CC/C(C)=C(C(\C=NC)=C\N)/C(OC)=C(\N=C(/C)N(C)c1ccc(SC2CC2)cc1F)Nc1cc(C)[nH]n1. The maximum atomic E-state index is 15.1. The molecular formula is C28H38FN7OS. The van der Waals surface area contributed by atoms with Crippen LogP contribution in [0.4, 0.5) is 15.9 Å². The Morgan fingerprint density at radius 1 is 1.34 bits per heavy atom. The number of anilines is 2. The third-order valence-electron chi connectivity index (χ3n) is 6.16. The molecule has 1 heterocycles. The summed E-state index contributed by atoms with van der Waals surface area (Å²) in [6, 6.07) is 7.21. The van der Waals surface area contributed by atoms with E-state index in [-0.39, 0.29) is 5.82 Å². The molecule has 8 nitrogen and oxygen atoms in total. The van der Waals surface area contributed by atoms with Gasteiger partial charge in [0.15, 0.2) is 17.4 Å². The summed E-state index contributed by atoms with van der Waals surface area (Å²) in [7, 11) is 5.05. The zero-order valence-corrected chi connectivity index (χ0v) is 24.0. The first kappa shape index (κ1) is 29.0. The van der Waals surface area contributed by atoms with Gasteiger partial charge in [-0.3, -0.25) is 10.1 Å². The predicted octanol–water partition coefficient (Wildman–Crippen LogP) is 6.16. The van der Waals surface area contributed by atoms with Crippen molar-refractivity contribution < 1.29 is 9.13 Å². The fraction of sp³-hybridized carbons (Fsp3) is 0.393. The Balaban J connectivity index is 2.11. The van der Waals surface area contributed by atoms with Crippen LogP contribution < -0.4 is 16.0 Å². The van der Waals surface area contributed by atoms with Crippen molar-refractivity contribution in [2.75, 3.05) is 31.4 Å². The number of aromatic nitrogens is 2. The van der Waals surface area contributed by atoms with Crippen molar-refractivity contribution in [3.8, 4) is 0 Å². The maximum absolute atomic E-state index is 15.1. The number of benzene rings is 1. The molecule has 1 aromatic carbocycles. The summed E-state index contributed by atoms with van der Waals surface area (Å²) in [6.45, 7) is 7.80. The van der Waals surface area contributed by atoms with Gasteiger partial charge in [-0.2, -0.15) is 5.10 Å². The van der Waals surface area contributed by atoms with Crippen LogP contribution in [0.3, 0.4) is 0 Å². The van der Waals surface area contributed by atoms with Crippen LogP contribution in [0, 0.1) is 12.7 Å². The first-order chi connectivity index (χ1) is 18.2. The van der Waals surface area contributed by atoms with Crippen molar-refractivity contribution >= 4 is 35.3 Å². The number of hydrogen-bond acceptors (Lipinski definition) is 7. The predicted molar refractivity (Wildman–Crippen MR) is 157 cm³/mol. The van der Waals surface area contributed by atoms with Crippen LogP contribution in [-0.2, 0) is 4.74 Å². The van der Waals surface area contributed by atoms with Crippen LogP contribution >= 0.6 is 11.8 Å². The van der Waals surface area contributed by atoms with Crippen molar-refractivity contribution in [3.63, 3.8) is 0 Å². The second-order valence-electron chi connectivity index (χ2n) is 9.11. The number of nitrogens with two attached hydrogens (primary N) is 1. The van der Waals surface area contributed by atoms with Gasteiger partial charge in [-0.15, -0.1) is 11.8 Å². The van der Waals surface area contributed by atoms with E-state index < -0.39 is 0 Å². The van der Waals surface area contributed by atoms with Gasteiger partial charge in [-0.05, 0) is 58.2 Å². The summed E-state index contributed by atoms with van der Waals surface area (Å²) in [5.41, 5.74) is 9.81. The minimum Gasteiger partial charge on any atom is -0.492 e. The summed E-state index contributed by atoms with van der Waals surface area (Å²) >= 11 is 1.73. The van der Waals surface area contributed by atoms with E-state index in [1.54, 1.807) is 56.2 Å². The molecule has 1 aliphatic carbocycles. The molecule has 204 valence electrons. The Morgan fingerprint density at radius 2 is 2.08 bits per heavy atom. The Bertz CT molecular complexity index is 1290. The molecule has 0 spiro atoms. The number of ether oxygens (including phenoxy) is 1. The van der Waals surface area contributed by atoms with Crippen LogP contribution in [-0.4, -0.2) is 48.7 Å². The van der Waals surface area contributed by atoms with Gasteiger partial charge in [0.25, 0.3) is 0 Å². The van der Waals surface area contributed by atoms with Gasteiger partial charge in [-0.25, -0.2) is 9.38 Å². The number of H-pyrrole nitrogens is 1. The van der Waals surface area contributed by atoms with Gasteiger partial charge in [-0.1, -0.05) is 12.5 Å². The molecular weight excluding hydrogens is 501 g/mol. The Kier molecular flexibility index (Phi) is 10.2. The lowest BCUT2D eigenvalue weighted by Crippen LogP contribution is -2.25. The Morgan fingerprint density at radius 3 is 2.61 bits per heavy atom. The van der Waals surface area contributed by atoms with E-state index in [0.29, 0.717) is 39.7 Å². The van der Waals surface area contributed by atoms with E-state index in [2.05, 4.69) is 27.4 Å². The molecule has 0 radical (unpaired) electrons. The quantitative estimate of drug-likeness (QED) is 0.137. The average molecular weight is 540 g/mol. The molecule has 38 heavy (non-hydrogen) atoms. The molecule has 0 saturated heterocycles. The fourth-order valence-corrected chi connectivity index (χ4v) is 4.83. The molecule has 0 unspecified atom stereocenters. The van der Waals surface area contributed by atoms with E-state index in [1.807, 2.05) is 32.9 Å². The number of amidine groups is 1. The maximum Gasteiger partial charge on any atom is 0.176 e. The molecule has 0 amide bonds. The zero-order valence-electron chi connectivity index (χ0n) is 23.2. The zero-order chi connectivity index (χ0) is 27.8. The first-order valence-corrected chi connectivity index (χ1v) is 13.5. The lowest BCUT2D eigenvalue weighted by molar-refractivity contribution is 0.297.